The molecule has 29 heavy (non-hydrogen) atoms. The minimum atomic E-state index is -0.360. The Morgan fingerprint density at radius 2 is 2.00 bits per heavy atom. The summed E-state index contributed by atoms with van der Waals surface area (Å²) in [6.45, 7) is 5.05. The quantitative estimate of drug-likeness (QED) is 0.347. The molecular formula is C23H24N2O3S. The maximum Gasteiger partial charge on any atom is 0.262 e. The van der Waals surface area contributed by atoms with E-state index in [1.165, 1.54) is 11.8 Å². The highest BCUT2D eigenvalue weighted by Gasteiger charge is 2.23. The number of ether oxygens (including phenoxy) is 1. The average Bonchev–Trinajstić information content (AvgIpc) is 3.24. The Balaban J connectivity index is 1.68. The first-order chi connectivity index (χ1) is 14.0. The SMILES string of the molecule is Cc1ccc(C(=O)[C@H](C)Sc2nc3ccccc3c(=O)n2C[C@@H]2CCCO2)cc1. The molecular weight excluding hydrogens is 384 g/mol. The summed E-state index contributed by atoms with van der Waals surface area (Å²) in [5, 5.41) is 0.797. The summed E-state index contributed by atoms with van der Waals surface area (Å²) in [5.41, 5.74) is 2.36. The molecule has 0 amide bonds. The number of aryl methyl sites for hydroxylation is 1. The minimum Gasteiger partial charge on any atom is -0.376 e. The molecule has 1 aromatic heterocycles. The van der Waals surface area contributed by atoms with Crippen LogP contribution in [0.1, 0.15) is 35.7 Å². The lowest BCUT2D eigenvalue weighted by Crippen LogP contribution is -2.29. The molecule has 1 saturated heterocycles. The number of nitrogens with zero attached hydrogens (tertiary/aromatic N) is 2. The Hall–Kier alpha value is -2.44. The van der Waals surface area contributed by atoms with Crippen molar-refractivity contribution in [2.24, 2.45) is 0 Å². The van der Waals surface area contributed by atoms with Gasteiger partial charge in [0.05, 0.1) is 28.8 Å². The van der Waals surface area contributed by atoms with Crippen molar-refractivity contribution in [2.45, 2.75) is 49.7 Å². The monoisotopic (exact) mass is 408 g/mol. The van der Waals surface area contributed by atoms with Gasteiger partial charge in [-0.25, -0.2) is 4.98 Å². The van der Waals surface area contributed by atoms with Gasteiger partial charge in [-0.3, -0.25) is 14.2 Å². The minimum absolute atomic E-state index is 0.0121. The molecule has 4 rings (SSSR count). The fourth-order valence-electron chi connectivity index (χ4n) is 3.55. The molecule has 0 aliphatic carbocycles. The Morgan fingerprint density at radius 3 is 2.72 bits per heavy atom. The third-order valence-corrected chi connectivity index (χ3v) is 6.31. The summed E-state index contributed by atoms with van der Waals surface area (Å²) in [6.07, 6.45) is 1.95. The Kier molecular flexibility index (Phi) is 5.83. The molecule has 0 bridgehead atoms. The third kappa shape index (κ3) is 4.28. The smallest absolute Gasteiger partial charge is 0.262 e. The number of Topliss-reactive ketones (excluding diaryl/α,β-unsaturated/α-hetero) is 1. The number of carbonyl (C=O) groups excluding carboxylic acids is 1. The molecule has 150 valence electrons. The highest BCUT2D eigenvalue weighted by molar-refractivity contribution is 8.00. The molecule has 1 aliphatic heterocycles. The van der Waals surface area contributed by atoms with Crippen LogP contribution in [0.4, 0.5) is 0 Å². The summed E-state index contributed by atoms with van der Waals surface area (Å²) in [5.74, 6) is 0.0288. The van der Waals surface area contributed by atoms with E-state index in [9.17, 15) is 9.59 Å². The van der Waals surface area contributed by atoms with Crippen molar-refractivity contribution in [3.05, 3.63) is 70.0 Å². The van der Waals surface area contributed by atoms with Gasteiger partial charge in [-0.05, 0) is 38.8 Å². The van der Waals surface area contributed by atoms with Crippen molar-refractivity contribution in [3.8, 4) is 0 Å². The lowest BCUT2D eigenvalue weighted by atomic mass is 10.1. The average molecular weight is 409 g/mol. The number of carbonyl (C=O) groups is 1. The summed E-state index contributed by atoms with van der Waals surface area (Å²) in [6, 6.07) is 14.9. The topological polar surface area (TPSA) is 61.2 Å². The van der Waals surface area contributed by atoms with Gasteiger partial charge in [0, 0.05) is 12.2 Å². The van der Waals surface area contributed by atoms with Crippen molar-refractivity contribution in [3.63, 3.8) is 0 Å². The summed E-state index contributed by atoms with van der Waals surface area (Å²) < 4.78 is 7.43. The second-order valence-corrected chi connectivity index (χ2v) is 8.76. The maximum atomic E-state index is 13.2. The van der Waals surface area contributed by atoms with Gasteiger partial charge in [0.15, 0.2) is 10.9 Å². The van der Waals surface area contributed by atoms with Crippen molar-refractivity contribution in [1.82, 2.24) is 9.55 Å². The molecule has 1 aliphatic rings. The molecule has 0 radical (unpaired) electrons. The van der Waals surface area contributed by atoms with Crippen LogP contribution in [0.15, 0.2) is 58.5 Å². The van der Waals surface area contributed by atoms with Crippen molar-refractivity contribution >= 4 is 28.4 Å². The second-order valence-electron chi connectivity index (χ2n) is 7.45. The van der Waals surface area contributed by atoms with E-state index < -0.39 is 0 Å². The number of ketones is 1. The van der Waals surface area contributed by atoms with E-state index in [2.05, 4.69) is 0 Å². The number of hydrogen-bond donors (Lipinski definition) is 0. The molecule has 0 spiro atoms. The van der Waals surface area contributed by atoms with Crippen LogP contribution in [-0.4, -0.2) is 33.3 Å². The zero-order valence-electron chi connectivity index (χ0n) is 16.6. The van der Waals surface area contributed by atoms with Gasteiger partial charge in [-0.2, -0.15) is 0 Å². The van der Waals surface area contributed by atoms with Crippen LogP contribution in [0.3, 0.4) is 0 Å². The van der Waals surface area contributed by atoms with Gasteiger partial charge >= 0.3 is 0 Å². The Bertz CT molecular complexity index is 1090. The van der Waals surface area contributed by atoms with Crippen LogP contribution in [0.25, 0.3) is 10.9 Å². The summed E-state index contributed by atoms with van der Waals surface area (Å²) in [4.78, 5) is 30.8. The Labute approximate surface area is 174 Å². The molecule has 0 unspecified atom stereocenters. The van der Waals surface area contributed by atoms with Gasteiger partial charge in [0.1, 0.15) is 0 Å². The molecule has 0 saturated carbocycles. The summed E-state index contributed by atoms with van der Waals surface area (Å²) >= 11 is 1.34. The summed E-state index contributed by atoms with van der Waals surface area (Å²) in [7, 11) is 0. The predicted molar refractivity (Wildman–Crippen MR) is 116 cm³/mol. The number of para-hydroxylation sites is 1. The van der Waals surface area contributed by atoms with Crippen LogP contribution < -0.4 is 5.56 Å². The van der Waals surface area contributed by atoms with E-state index in [4.69, 9.17) is 9.72 Å². The molecule has 3 aromatic rings. The number of hydrogen-bond acceptors (Lipinski definition) is 5. The Morgan fingerprint density at radius 1 is 1.24 bits per heavy atom. The lowest BCUT2D eigenvalue weighted by molar-refractivity contribution is 0.0937. The van der Waals surface area contributed by atoms with Gasteiger partial charge in [0.2, 0.25) is 0 Å². The first kappa shape index (κ1) is 19.9. The van der Waals surface area contributed by atoms with Crippen LogP contribution in [0, 0.1) is 6.92 Å². The number of rotatable bonds is 6. The number of fused-ring (bicyclic) bond motifs is 1. The maximum absolute atomic E-state index is 13.2. The largest absolute Gasteiger partial charge is 0.376 e. The number of aromatic nitrogens is 2. The van der Waals surface area contributed by atoms with E-state index >= 15 is 0 Å². The first-order valence-corrected chi connectivity index (χ1v) is 10.8. The standard InChI is InChI=1S/C23H24N2O3S/c1-15-9-11-17(12-10-15)21(26)16(2)29-23-24-20-8-4-3-7-19(20)22(27)25(23)14-18-6-5-13-28-18/h3-4,7-12,16,18H,5-6,13-14H2,1-2H3/t16-,18-/m0/s1. The van der Waals surface area contributed by atoms with Crippen LogP contribution >= 0.6 is 11.8 Å². The zero-order chi connectivity index (χ0) is 20.4. The molecule has 2 heterocycles. The van der Waals surface area contributed by atoms with Gasteiger partial charge in [-0.1, -0.05) is 53.7 Å². The fraction of sp³-hybridized carbons (Fsp3) is 0.348. The predicted octanol–water partition coefficient (Wildman–Crippen LogP) is 4.25. The zero-order valence-corrected chi connectivity index (χ0v) is 17.4. The van der Waals surface area contributed by atoms with Crippen LogP contribution in [0.2, 0.25) is 0 Å². The fourth-order valence-corrected chi connectivity index (χ4v) is 4.55. The van der Waals surface area contributed by atoms with E-state index in [1.807, 2.05) is 56.3 Å². The highest BCUT2D eigenvalue weighted by Crippen LogP contribution is 2.26. The number of thioether (sulfide) groups is 1. The second kappa shape index (κ2) is 8.51. The van der Waals surface area contributed by atoms with Gasteiger partial charge < -0.3 is 4.74 Å². The number of benzene rings is 2. The van der Waals surface area contributed by atoms with Gasteiger partial charge in [-0.15, -0.1) is 0 Å². The van der Waals surface area contributed by atoms with Crippen molar-refractivity contribution in [2.75, 3.05) is 6.61 Å². The van der Waals surface area contributed by atoms with Crippen molar-refractivity contribution < 1.29 is 9.53 Å². The lowest BCUT2D eigenvalue weighted by Gasteiger charge is -2.18. The van der Waals surface area contributed by atoms with E-state index in [0.29, 0.717) is 28.2 Å². The molecule has 1 fully saturated rings. The van der Waals surface area contributed by atoms with Crippen molar-refractivity contribution in [1.29, 1.82) is 0 Å². The van der Waals surface area contributed by atoms with Crippen LogP contribution in [-0.2, 0) is 11.3 Å². The van der Waals surface area contributed by atoms with Gasteiger partial charge in [0.25, 0.3) is 5.56 Å². The molecule has 0 N–H and O–H groups in total. The van der Waals surface area contributed by atoms with E-state index in [1.54, 1.807) is 10.6 Å². The molecule has 2 aromatic carbocycles. The van der Waals surface area contributed by atoms with E-state index in [0.717, 1.165) is 25.0 Å². The molecule has 6 heteroatoms. The molecule has 2 atom stereocenters. The highest BCUT2D eigenvalue weighted by atomic mass is 32.2. The molecule has 5 nitrogen and oxygen atoms in total. The van der Waals surface area contributed by atoms with Crippen LogP contribution in [0.5, 0.6) is 0 Å². The first-order valence-electron chi connectivity index (χ1n) is 9.91. The normalized spacial score (nSPS) is 17.5. The van der Waals surface area contributed by atoms with E-state index in [-0.39, 0.29) is 22.7 Å². The third-order valence-electron chi connectivity index (χ3n) is 5.22.